The molecule has 0 aliphatic carbocycles. The van der Waals surface area contributed by atoms with Gasteiger partial charge in [0.15, 0.2) is 11.6 Å². The summed E-state index contributed by atoms with van der Waals surface area (Å²) in [6.45, 7) is 17.9. The maximum absolute atomic E-state index is 14.7. The first-order chi connectivity index (χ1) is 55.4. The molecule has 0 saturated carbocycles. The van der Waals surface area contributed by atoms with Crippen molar-refractivity contribution in [3.05, 3.63) is 71.3 Å². The highest BCUT2D eigenvalue weighted by atomic mass is 16.6. The fraction of sp³-hybridized carbons (Fsp3) is 0.733. The number of aliphatic hydroxyl groups is 6. The molecule has 117 heavy (non-hydrogen) atoms. The summed E-state index contributed by atoms with van der Waals surface area (Å²) in [5, 5.41) is 78.0. The third-order valence-electron chi connectivity index (χ3n) is 24.2. The van der Waals surface area contributed by atoms with Crippen LogP contribution in [0.4, 0.5) is 4.79 Å². The minimum absolute atomic E-state index is 0.00291. The predicted octanol–water partition coefficient (Wildman–Crippen LogP) is 2.50. The number of hydrogen-bond acceptors (Lipinski definition) is 24. The Morgan fingerprint density at radius 1 is 0.598 bits per heavy atom. The number of amides is 7. The maximum Gasteiger partial charge on any atom is 0.312 e. The van der Waals surface area contributed by atoms with Crippen LogP contribution in [0.1, 0.15) is 169 Å². The zero-order valence-corrected chi connectivity index (χ0v) is 71.4. The van der Waals surface area contributed by atoms with E-state index in [0.717, 1.165) is 11.1 Å². The highest BCUT2D eigenvalue weighted by Gasteiger charge is 2.49. The van der Waals surface area contributed by atoms with Crippen LogP contribution in [0.2, 0.25) is 0 Å². The molecule has 31 nitrogen and oxygen atoms in total. The summed E-state index contributed by atoms with van der Waals surface area (Å²) in [4.78, 5) is 157. The van der Waals surface area contributed by atoms with E-state index in [2.05, 4.69) is 26.6 Å². The zero-order valence-electron chi connectivity index (χ0n) is 71.4. The second-order valence-electron chi connectivity index (χ2n) is 34.0. The average Bonchev–Trinajstić information content (AvgIpc) is 1.80. The molecule has 4 aliphatic rings. The molecule has 10 unspecified atom stereocenters. The first kappa shape index (κ1) is 98.7. The normalized spacial score (nSPS) is 25.3. The molecule has 0 bridgehead atoms. The van der Waals surface area contributed by atoms with Gasteiger partial charge in [0.05, 0.1) is 79.7 Å². The number of nitrogens with zero attached hydrogens (tertiary/aromatic N) is 3. The quantitative estimate of drug-likeness (QED) is 0.0423. The Bertz CT molecular complexity index is 3530. The molecular weight excluding hydrogens is 1510 g/mol. The lowest BCUT2D eigenvalue weighted by Gasteiger charge is -2.41. The molecule has 23 atom stereocenters. The van der Waals surface area contributed by atoms with Gasteiger partial charge in [-0.3, -0.25) is 52.8 Å². The molecule has 658 valence electrons. The van der Waals surface area contributed by atoms with Crippen molar-refractivity contribution in [2.75, 3.05) is 75.1 Å². The number of carbonyl (C=O) groups excluding carboxylic acids is 11. The molecule has 2 aromatic rings. The van der Waals surface area contributed by atoms with Gasteiger partial charge in [0.2, 0.25) is 29.5 Å². The molecule has 6 rings (SSSR count). The Morgan fingerprint density at radius 3 is 1.74 bits per heavy atom. The number of nitrogens with one attached hydrogen (secondary N) is 5. The molecular formula is C86H137N9O22. The van der Waals surface area contributed by atoms with E-state index in [0.29, 0.717) is 37.8 Å². The number of methoxy groups -OCH3 is 2. The Morgan fingerprint density at radius 2 is 1.17 bits per heavy atom. The molecule has 2 aromatic carbocycles. The summed E-state index contributed by atoms with van der Waals surface area (Å²) in [5.41, 5.74) is 7.62. The Balaban J connectivity index is 1.01. The van der Waals surface area contributed by atoms with Gasteiger partial charge < -0.3 is 96.4 Å². The zero-order chi connectivity index (χ0) is 86.8. The fourth-order valence-electron chi connectivity index (χ4n) is 17.2. The molecule has 7 amide bonds. The van der Waals surface area contributed by atoms with Gasteiger partial charge in [0.25, 0.3) is 0 Å². The molecule has 4 heterocycles. The van der Waals surface area contributed by atoms with Crippen molar-refractivity contribution in [2.24, 2.45) is 53.1 Å². The maximum atomic E-state index is 14.7. The summed E-state index contributed by atoms with van der Waals surface area (Å²) >= 11 is 0. The number of ketones is 5. The molecule has 0 radical (unpaired) electrons. The van der Waals surface area contributed by atoms with Crippen molar-refractivity contribution in [3.63, 3.8) is 0 Å². The van der Waals surface area contributed by atoms with Gasteiger partial charge in [-0.25, -0.2) is 4.79 Å². The van der Waals surface area contributed by atoms with E-state index in [1.807, 2.05) is 103 Å². The van der Waals surface area contributed by atoms with E-state index < -0.39 is 170 Å². The number of primary amides is 1. The van der Waals surface area contributed by atoms with Crippen LogP contribution in [0.5, 0.6) is 0 Å². The summed E-state index contributed by atoms with van der Waals surface area (Å²) < 4.78 is 29.6. The van der Waals surface area contributed by atoms with Gasteiger partial charge in [-0.2, -0.15) is 0 Å². The molecule has 13 N–H and O–H groups in total. The van der Waals surface area contributed by atoms with Crippen LogP contribution in [0.15, 0.2) is 54.6 Å². The lowest BCUT2D eigenvalue weighted by atomic mass is 9.83. The molecule has 31 heteroatoms. The average molecular weight is 1650 g/mol. The Kier molecular flexibility index (Phi) is 40.3. The highest BCUT2D eigenvalue weighted by molar-refractivity contribution is 5.94. The van der Waals surface area contributed by atoms with Crippen LogP contribution < -0.4 is 32.3 Å². The lowest BCUT2D eigenvalue weighted by molar-refractivity contribution is -0.149. The molecule has 4 fully saturated rings. The summed E-state index contributed by atoms with van der Waals surface area (Å²) in [7, 11) is 10.2. The second-order valence-corrected chi connectivity index (χ2v) is 34.0. The van der Waals surface area contributed by atoms with Gasteiger partial charge in [-0.05, 0) is 106 Å². The number of ether oxygens (including phenoxy) is 5. The molecule has 0 spiro atoms. The summed E-state index contributed by atoms with van der Waals surface area (Å²) in [6.07, 6.45) is -14.9. The van der Waals surface area contributed by atoms with Crippen molar-refractivity contribution >= 4 is 64.5 Å². The number of Topliss-reactive ketones (excluding diaryl/α,β-unsaturated/α-hetero) is 5. The third-order valence-corrected chi connectivity index (χ3v) is 24.2. The van der Waals surface area contributed by atoms with Crippen molar-refractivity contribution in [1.82, 2.24) is 41.3 Å². The summed E-state index contributed by atoms with van der Waals surface area (Å²) in [5.74, 6) is -7.01. The Labute approximate surface area is 690 Å². The van der Waals surface area contributed by atoms with Crippen LogP contribution in [0.25, 0.3) is 0 Å². The number of aliphatic hydroxyl groups excluding tert-OH is 6. The van der Waals surface area contributed by atoms with E-state index in [1.54, 1.807) is 63.9 Å². The van der Waals surface area contributed by atoms with Gasteiger partial charge in [-0.15, -0.1) is 0 Å². The minimum atomic E-state index is -1.57. The first-order valence-electron chi connectivity index (χ1n) is 41.9. The van der Waals surface area contributed by atoms with Crippen LogP contribution in [-0.2, 0) is 90.9 Å². The minimum Gasteiger partial charge on any atom is -0.388 e. The standard InChI is InChI=1S/C86H137N9O22/c1-16-50(8)75(94(13)85(111)59(48(4)5)42-64(100)74(49(6)7)93(11)12)66(113-14)44-73(102)95-35-21-25-61(95)82(114-15)51(9)62(98)38-55(36-53-22-18-17-19-23-53)83(109)89-34-32-52-26-28-54(29-27-52)37-63(99)60(24-20-33-90-86(87)112)92-84(110)58(47(2)3)39-57(97)41-68-78(105)81(108)71(117-68)46-91-72(101)43-69-79(106)76(103)65(115-69)31-30-56(96)40-67-77(104)80(107)70(116-67)45-88-10/h17-19,22-23,26-29,47-51,55,58-61,65-71,74-82,88,103-108H,16,20-21,24-25,30-46H2,1-15H3,(H,89,109)(H,91,101)(H,92,110)(H3,87,90,112)/t50-,51?,55+,58+,59-,60+,61?,65+,66?,67-,68-,69?,70+,71+,74?,75-,76+,77?,78?,79-,80?,81?,82?/m0/s1. The van der Waals surface area contributed by atoms with Crippen molar-refractivity contribution in [3.8, 4) is 0 Å². The van der Waals surface area contributed by atoms with Crippen molar-refractivity contribution in [1.29, 1.82) is 0 Å². The number of carbonyl (C=O) groups is 11. The predicted molar refractivity (Wildman–Crippen MR) is 435 cm³/mol. The smallest absolute Gasteiger partial charge is 0.312 e. The van der Waals surface area contributed by atoms with E-state index >= 15 is 0 Å². The van der Waals surface area contributed by atoms with Gasteiger partial charge in [-0.1, -0.05) is 123 Å². The lowest BCUT2D eigenvalue weighted by Crippen LogP contribution is -2.54. The first-order valence-corrected chi connectivity index (χ1v) is 41.9. The topological polar surface area (TPSA) is 451 Å². The van der Waals surface area contributed by atoms with Crippen LogP contribution in [0.3, 0.4) is 0 Å². The van der Waals surface area contributed by atoms with E-state index in [9.17, 15) is 83.4 Å². The summed E-state index contributed by atoms with van der Waals surface area (Å²) in [6, 6.07) is 13.4. The third kappa shape index (κ3) is 28.5. The number of hydrogen-bond donors (Lipinski definition) is 12. The Hall–Kier alpha value is -7.11. The molecule has 4 saturated heterocycles. The van der Waals surface area contributed by atoms with Crippen LogP contribution in [0, 0.1) is 47.3 Å². The molecule has 4 aliphatic heterocycles. The number of nitrogens with two attached hydrogens (primary N) is 1. The number of likely N-dealkylation sites (N-methyl/N-ethyl adjacent to an activating group) is 3. The van der Waals surface area contributed by atoms with Gasteiger partial charge >= 0.3 is 6.03 Å². The fourth-order valence-corrected chi connectivity index (χ4v) is 17.2. The largest absolute Gasteiger partial charge is 0.388 e. The SMILES string of the molecule is CC[C@H](C)[C@@H](C(CC(=O)N1CCCC1C(OC)C(C)C(=O)C[C@@H](Cc1ccccc1)C(=O)NCCc1ccc(CC(=O)[C@@H](CCCNC(N)=O)NC(=O)[C@H](CC(=O)C[C@@H]2O[C@H](CNC(=O)CC3O[C@H](CCC(=O)C[C@@H]4O[C@H](CNC)C(O)C4O)[C@@H](O)[C@H]3O)C(O)C2O)C(C)C)cc1)OC)N(C)C(=O)[C@@H](CC(=O)C(C(C)C)N(C)C)C(C)C. The van der Waals surface area contributed by atoms with Crippen molar-refractivity contribution < 1.29 is 107 Å². The van der Waals surface area contributed by atoms with Gasteiger partial charge in [0.1, 0.15) is 60.1 Å². The van der Waals surface area contributed by atoms with E-state index in [-0.39, 0.29) is 161 Å². The number of likely N-dealkylation sites (tertiary alicyclic amines) is 1. The van der Waals surface area contributed by atoms with Crippen molar-refractivity contribution in [2.45, 2.75) is 281 Å². The number of urea groups is 1. The van der Waals surface area contributed by atoms with Crippen LogP contribution in [-0.4, -0.2) is 295 Å². The van der Waals surface area contributed by atoms with Gasteiger partial charge in [0, 0.05) is 123 Å². The number of benzene rings is 2. The second kappa shape index (κ2) is 47.8. The highest BCUT2D eigenvalue weighted by Crippen LogP contribution is 2.35. The van der Waals surface area contributed by atoms with E-state index in [4.69, 9.17) is 29.4 Å². The monoisotopic (exact) mass is 1650 g/mol. The molecule has 0 aromatic heterocycles. The van der Waals surface area contributed by atoms with Crippen LogP contribution >= 0.6 is 0 Å². The number of rotatable bonds is 51. The van der Waals surface area contributed by atoms with E-state index in [1.165, 1.54) is 7.11 Å².